The summed E-state index contributed by atoms with van der Waals surface area (Å²) in [6.45, 7) is 3.52. The molecule has 0 spiro atoms. The molecule has 0 unspecified atom stereocenters. The summed E-state index contributed by atoms with van der Waals surface area (Å²) in [5, 5.41) is 6.31. The smallest absolute Gasteiger partial charge is 0.341 e. The Balaban J connectivity index is 1.93. The van der Waals surface area contributed by atoms with E-state index in [-0.39, 0.29) is 16.5 Å². The first kappa shape index (κ1) is 21.5. The number of ether oxygens (including phenoxy) is 1. The van der Waals surface area contributed by atoms with Crippen LogP contribution in [0, 0.1) is 13.8 Å². The number of carbonyl (C=O) groups is 3. The fraction of sp³-hybridized carbons (Fsp3) is 0.136. The molecular weight excluding hydrogens is 424 g/mol. The Morgan fingerprint density at radius 2 is 1.67 bits per heavy atom. The Hall–Kier alpha value is -3.16. The van der Waals surface area contributed by atoms with Crippen LogP contribution in [0.3, 0.4) is 0 Å². The maximum atomic E-state index is 12.8. The van der Waals surface area contributed by atoms with Crippen molar-refractivity contribution in [3.05, 3.63) is 80.7 Å². The fourth-order valence-electron chi connectivity index (χ4n) is 2.85. The lowest BCUT2D eigenvalue weighted by molar-refractivity contribution is 0.0601. The fourth-order valence-corrected chi connectivity index (χ4v) is 4.06. The molecule has 3 rings (SSSR count). The molecule has 8 heteroatoms. The lowest BCUT2D eigenvalue weighted by atomic mass is 10.1. The van der Waals surface area contributed by atoms with Gasteiger partial charge in [0, 0.05) is 16.3 Å². The van der Waals surface area contributed by atoms with E-state index in [1.807, 2.05) is 13.0 Å². The van der Waals surface area contributed by atoms with Crippen LogP contribution in [0.4, 0.5) is 10.7 Å². The van der Waals surface area contributed by atoms with Crippen LogP contribution in [-0.4, -0.2) is 24.9 Å². The first-order valence-corrected chi connectivity index (χ1v) is 10.2. The third kappa shape index (κ3) is 4.69. The molecule has 0 aliphatic rings. The molecule has 3 aromatic rings. The molecule has 1 heterocycles. The van der Waals surface area contributed by atoms with Crippen molar-refractivity contribution >= 4 is 51.4 Å². The molecule has 6 nitrogen and oxygen atoms in total. The summed E-state index contributed by atoms with van der Waals surface area (Å²) < 4.78 is 4.86. The number of esters is 1. The zero-order valence-corrected chi connectivity index (χ0v) is 18.1. The van der Waals surface area contributed by atoms with Crippen LogP contribution < -0.4 is 10.6 Å². The van der Waals surface area contributed by atoms with Crippen LogP contribution >= 0.6 is 22.9 Å². The number of rotatable bonds is 5. The topological polar surface area (TPSA) is 84.5 Å². The highest BCUT2D eigenvalue weighted by Gasteiger charge is 2.26. The molecule has 0 aliphatic carbocycles. The van der Waals surface area contributed by atoms with E-state index in [0.29, 0.717) is 26.7 Å². The molecule has 2 N–H and O–H groups in total. The van der Waals surface area contributed by atoms with E-state index in [1.54, 1.807) is 49.4 Å². The number of hydrogen-bond acceptors (Lipinski definition) is 5. The van der Waals surface area contributed by atoms with Crippen LogP contribution in [0.15, 0.2) is 48.5 Å². The summed E-state index contributed by atoms with van der Waals surface area (Å²) >= 11 is 6.89. The van der Waals surface area contributed by atoms with Gasteiger partial charge in [0.05, 0.1) is 17.6 Å². The molecule has 154 valence electrons. The number of hydrogen-bond donors (Lipinski definition) is 2. The van der Waals surface area contributed by atoms with Gasteiger partial charge in [0.1, 0.15) is 5.00 Å². The summed E-state index contributed by atoms with van der Waals surface area (Å²) in [7, 11) is 1.25. The number of amides is 2. The van der Waals surface area contributed by atoms with E-state index in [2.05, 4.69) is 10.6 Å². The number of thiophene rings is 1. The Morgan fingerprint density at radius 3 is 2.30 bits per heavy atom. The van der Waals surface area contributed by atoms with Crippen LogP contribution in [0.5, 0.6) is 0 Å². The third-order valence-electron chi connectivity index (χ3n) is 4.35. The van der Waals surface area contributed by atoms with Gasteiger partial charge in [-0.05, 0) is 55.8 Å². The van der Waals surface area contributed by atoms with E-state index in [9.17, 15) is 14.4 Å². The van der Waals surface area contributed by atoms with Gasteiger partial charge >= 0.3 is 5.97 Å². The molecule has 0 saturated carbocycles. The van der Waals surface area contributed by atoms with Crippen molar-refractivity contribution in [2.24, 2.45) is 0 Å². The molecule has 0 fully saturated rings. The molecule has 2 amide bonds. The van der Waals surface area contributed by atoms with E-state index in [1.165, 1.54) is 7.11 Å². The molecular formula is C22H19ClN2O4S. The van der Waals surface area contributed by atoms with Crippen molar-refractivity contribution < 1.29 is 19.1 Å². The second-order valence-electron chi connectivity index (χ2n) is 6.54. The van der Waals surface area contributed by atoms with Gasteiger partial charge in [0.15, 0.2) is 0 Å². The molecule has 30 heavy (non-hydrogen) atoms. The second kappa shape index (κ2) is 9.11. The lowest BCUT2D eigenvalue weighted by Gasteiger charge is -2.06. The highest BCUT2D eigenvalue weighted by atomic mass is 35.5. The van der Waals surface area contributed by atoms with Crippen molar-refractivity contribution in [2.45, 2.75) is 13.8 Å². The number of carbonyl (C=O) groups excluding carboxylic acids is 3. The van der Waals surface area contributed by atoms with Gasteiger partial charge in [0.25, 0.3) is 11.8 Å². The van der Waals surface area contributed by atoms with Gasteiger partial charge in [-0.2, -0.15) is 0 Å². The Bertz CT molecular complexity index is 1120. The van der Waals surface area contributed by atoms with Gasteiger partial charge < -0.3 is 15.4 Å². The van der Waals surface area contributed by atoms with E-state index in [4.69, 9.17) is 16.3 Å². The number of methoxy groups -OCH3 is 1. The molecule has 0 aliphatic heterocycles. The zero-order valence-electron chi connectivity index (χ0n) is 16.5. The summed E-state index contributed by atoms with van der Waals surface area (Å²) in [6.07, 6.45) is 0. The standard InChI is InChI=1S/C22H19ClN2O4S/c1-12-5-4-6-14(11-12)19(26)25-21-17(22(28)29-3)13(2)18(30-21)20(27)24-16-9-7-15(23)8-10-16/h4-11H,1-3H3,(H,24,27)(H,25,26). The van der Waals surface area contributed by atoms with Crippen molar-refractivity contribution in [1.29, 1.82) is 0 Å². The molecule has 0 radical (unpaired) electrons. The predicted octanol–water partition coefficient (Wildman–Crippen LogP) is 5.31. The van der Waals surface area contributed by atoms with Crippen molar-refractivity contribution in [3.8, 4) is 0 Å². The molecule has 2 aromatic carbocycles. The number of anilines is 2. The minimum atomic E-state index is -0.631. The number of benzene rings is 2. The minimum absolute atomic E-state index is 0.157. The summed E-state index contributed by atoms with van der Waals surface area (Å²) in [4.78, 5) is 38.1. The predicted molar refractivity (Wildman–Crippen MR) is 119 cm³/mol. The van der Waals surface area contributed by atoms with Crippen LogP contribution in [0.1, 0.15) is 41.5 Å². The molecule has 0 atom stereocenters. The second-order valence-corrected chi connectivity index (χ2v) is 7.99. The third-order valence-corrected chi connectivity index (χ3v) is 5.81. The Morgan fingerprint density at radius 1 is 0.967 bits per heavy atom. The summed E-state index contributed by atoms with van der Waals surface area (Å²) in [5.41, 5.74) is 2.52. The van der Waals surface area contributed by atoms with Crippen LogP contribution in [0.25, 0.3) is 0 Å². The SMILES string of the molecule is COC(=O)c1c(NC(=O)c2cccc(C)c2)sc(C(=O)Nc2ccc(Cl)cc2)c1C. The van der Waals surface area contributed by atoms with Gasteiger partial charge in [-0.15, -0.1) is 11.3 Å². The molecule has 0 bridgehead atoms. The van der Waals surface area contributed by atoms with Crippen LogP contribution in [-0.2, 0) is 4.74 Å². The van der Waals surface area contributed by atoms with Crippen molar-refractivity contribution in [2.75, 3.05) is 17.7 Å². The largest absolute Gasteiger partial charge is 0.465 e. The van der Waals surface area contributed by atoms with Crippen molar-refractivity contribution in [3.63, 3.8) is 0 Å². The highest BCUT2D eigenvalue weighted by Crippen LogP contribution is 2.34. The summed E-state index contributed by atoms with van der Waals surface area (Å²) in [5.74, 6) is -1.41. The van der Waals surface area contributed by atoms with Gasteiger partial charge in [-0.25, -0.2) is 4.79 Å². The Kier molecular flexibility index (Phi) is 6.54. The lowest BCUT2D eigenvalue weighted by Crippen LogP contribution is -2.14. The highest BCUT2D eigenvalue weighted by molar-refractivity contribution is 7.19. The first-order valence-electron chi connectivity index (χ1n) is 8.96. The average Bonchev–Trinajstić information content (AvgIpc) is 3.05. The normalized spacial score (nSPS) is 10.4. The number of halogens is 1. The van der Waals surface area contributed by atoms with Gasteiger partial charge in [0.2, 0.25) is 0 Å². The number of aryl methyl sites for hydroxylation is 1. The maximum Gasteiger partial charge on any atom is 0.341 e. The first-order chi connectivity index (χ1) is 14.3. The van der Waals surface area contributed by atoms with E-state index >= 15 is 0 Å². The Labute approximate surface area is 182 Å². The van der Waals surface area contributed by atoms with E-state index < -0.39 is 11.9 Å². The van der Waals surface area contributed by atoms with Gasteiger partial charge in [-0.1, -0.05) is 29.3 Å². The quantitative estimate of drug-likeness (QED) is 0.524. The van der Waals surface area contributed by atoms with E-state index in [0.717, 1.165) is 16.9 Å². The monoisotopic (exact) mass is 442 g/mol. The molecule has 1 aromatic heterocycles. The average molecular weight is 443 g/mol. The zero-order chi connectivity index (χ0) is 21.8. The molecule has 0 saturated heterocycles. The maximum absolute atomic E-state index is 12.8. The van der Waals surface area contributed by atoms with Crippen LogP contribution in [0.2, 0.25) is 5.02 Å². The van der Waals surface area contributed by atoms with Gasteiger partial charge in [-0.3, -0.25) is 9.59 Å². The number of nitrogens with one attached hydrogen (secondary N) is 2. The minimum Gasteiger partial charge on any atom is -0.465 e. The van der Waals surface area contributed by atoms with Crippen molar-refractivity contribution in [1.82, 2.24) is 0 Å². The summed E-state index contributed by atoms with van der Waals surface area (Å²) in [6, 6.07) is 13.7.